The van der Waals surface area contributed by atoms with Crippen molar-refractivity contribution in [1.29, 1.82) is 0 Å². The number of hydrogen-bond acceptors (Lipinski definition) is 4. The highest BCUT2D eigenvalue weighted by molar-refractivity contribution is 6.32. The van der Waals surface area contributed by atoms with Crippen molar-refractivity contribution < 1.29 is 19.0 Å². The minimum Gasteiger partial charge on any atom is -0.496 e. The Morgan fingerprint density at radius 2 is 2.00 bits per heavy atom. The van der Waals surface area contributed by atoms with Crippen LogP contribution in [0.2, 0.25) is 5.02 Å². The monoisotopic (exact) mass is 258 g/mol. The number of esters is 1. The molecule has 0 fully saturated rings. The molecule has 17 heavy (non-hydrogen) atoms. The average Bonchev–Trinajstić information content (AvgIpc) is 2.32. The van der Waals surface area contributed by atoms with E-state index < -0.39 is 0 Å². The van der Waals surface area contributed by atoms with Gasteiger partial charge in [-0.3, -0.25) is 4.79 Å². The molecule has 0 radical (unpaired) electrons. The molecule has 0 atom stereocenters. The molecule has 0 aliphatic heterocycles. The zero-order chi connectivity index (χ0) is 12.8. The smallest absolute Gasteiger partial charge is 0.310 e. The molecule has 0 unspecified atom stereocenters. The number of carbonyl (C=O) groups is 1. The van der Waals surface area contributed by atoms with Gasteiger partial charge in [-0.25, -0.2) is 0 Å². The maximum absolute atomic E-state index is 11.2. The Bertz CT molecular complexity index is 404. The lowest BCUT2D eigenvalue weighted by atomic mass is 10.1. The molecule has 0 heterocycles. The summed E-state index contributed by atoms with van der Waals surface area (Å²) in [6.07, 6.45) is 0.117. The first-order valence-electron chi connectivity index (χ1n) is 5.18. The number of methoxy groups -OCH3 is 2. The first-order valence-corrected chi connectivity index (χ1v) is 5.56. The van der Waals surface area contributed by atoms with Gasteiger partial charge in [-0.1, -0.05) is 11.6 Å². The van der Waals surface area contributed by atoms with E-state index >= 15 is 0 Å². The van der Waals surface area contributed by atoms with Crippen LogP contribution in [0.15, 0.2) is 12.1 Å². The molecule has 0 aliphatic carbocycles. The Balaban J connectivity index is 3.05. The molecular formula is C12H15ClO4. The molecule has 0 bridgehead atoms. The van der Waals surface area contributed by atoms with Crippen LogP contribution in [-0.4, -0.2) is 26.8 Å². The molecule has 0 saturated carbocycles. The van der Waals surface area contributed by atoms with Crippen molar-refractivity contribution in [3.05, 3.63) is 22.7 Å². The summed E-state index contributed by atoms with van der Waals surface area (Å²) in [5.41, 5.74) is 0.674. The van der Waals surface area contributed by atoms with Gasteiger partial charge in [0.1, 0.15) is 11.5 Å². The van der Waals surface area contributed by atoms with E-state index in [9.17, 15) is 4.79 Å². The van der Waals surface area contributed by atoms with E-state index in [1.54, 1.807) is 12.1 Å². The lowest BCUT2D eigenvalue weighted by Gasteiger charge is -2.12. The Morgan fingerprint density at radius 3 is 2.53 bits per heavy atom. The van der Waals surface area contributed by atoms with E-state index in [1.807, 2.05) is 6.92 Å². The Hall–Kier alpha value is -1.42. The number of rotatable bonds is 5. The standard InChI is InChI=1S/C12H15ClO4/c1-4-17-11-7-10(15-2)8(5-9(11)13)6-12(14)16-3/h5,7H,4,6H2,1-3H3. The van der Waals surface area contributed by atoms with Crippen LogP contribution >= 0.6 is 11.6 Å². The highest BCUT2D eigenvalue weighted by Crippen LogP contribution is 2.33. The fourth-order valence-electron chi connectivity index (χ4n) is 1.40. The molecule has 4 nitrogen and oxygen atoms in total. The number of carbonyl (C=O) groups excluding carboxylic acids is 1. The fourth-order valence-corrected chi connectivity index (χ4v) is 1.64. The molecule has 0 amide bonds. The van der Waals surface area contributed by atoms with Gasteiger partial charge in [-0.2, -0.15) is 0 Å². The van der Waals surface area contributed by atoms with Crippen LogP contribution in [0.25, 0.3) is 0 Å². The van der Waals surface area contributed by atoms with Crippen LogP contribution in [0.1, 0.15) is 12.5 Å². The Kier molecular flexibility index (Phi) is 5.10. The van der Waals surface area contributed by atoms with Gasteiger partial charge >= 0.3 is 5.97 Å². The predicted molar refractivity (Wildman–Crippen MR) is 64.9 cm³/mol. The van der Waals surface area contributed by atoms with Crippen molar-refractivity contribution in [2.24, 2.45) is 0 Å². The second-order valence-electron chi connectivity index (χ2n) is 3.28. The van der Waals surface area contributed by atoms with Crippen LogP contribution in [-0.2, 0) is 16.0 Å². The summed E-state index contributed by atoms with van der Waals surface area (Å²) in [6.45, 7) is 2.38. The third-order valence-corrected chi connectivity index (χ3v) is 2.49. The second kappa shape index (κ2) is 6.35. The minimum atomic E-state index is -0.344. The summed E-state index contributed by atoms with van der Waals surface area (Å²) < 4.78 is 15.1. The second-order valence-corrected chi connectivity index (χ2v) is 3.69. The van der Waals surface area contributed by atoms with Gasteiger partial charge in [0, 0.05) is 11.6 Å². The van der Waals surface area contributed by atoms with Crippen LogP contribution in [0.5, 0.6) is 11.5 Å². The first kappa shape index (κ1) is 13.6. The Morgan fingerprint density at radius 1 is 1.29 bits per heavy atom. The molecular weight excluding hydrogens is 244 g/mol. The SMILES string of the molecule is CCOc1cc(OC)c(CC(=O)OC)cc1Cl. The van der Waals surface area contributed by atoms with Crippen molar-refractivity contribution in [1.82, 2.24) is 0 Å². The minimum absolute atomic E-state index is 0.117. The molecule has 1 rings (SSSR count). The number of hydrogen-bond donors (Lipinski definition) is 0. The van der Waals surface area contributed by atoms with E-state index in [1.165, 1.54) is 14.2 Å². The highest BCUT2D eigenvalue weighted by atomic mass is 35.5. The maximum atomic E-state index is 11.2. The third kappa shape index (κ3) is 3.53. The fraction of sp³-hybridized carbons (Fsp3) is 0.417. The van der Waals surface area contributed by atoms with Crippen LogP contribution in [0, 0.1) is 0 Å². The van der Waals surface area contributed by atoms with Crippen molar-refractivity contribution in [3.63, 3.8) is 0 Å². The summed E-state index contributed by atoms with van der Waals surface area (Å²) in [5.74, 6) is 0.756. The number of ether oxygens (including phenoxy) is 3. The van der Waals surface area contributed by atoms with E-state index in [2.05, 4.69) is 4.74 Å². The van der Waals surface area contributed by atoms with Gasteiger partial charge in [0.25, 0.3) is 0 Å². The highest BCUT2D eigenvalue weighted by Gasteiger charge is 2.13. The summed E-state index contributed by atoms with van der Waals surface area (Å²) in [6, 6.07) is 3.33. The predicted octanol–water partition coefficient (Wildman–Crippen LogP) is 2.46. The quantitative estimate of drug-likeness (QED) is 0.761. The number of benzene rings is 1. The van der Waals surface area contributed by atoms with Crippen molar-refractivity contribution >= 4 is 17.6 Å². The molecule has 94 valence electrons. The molecule has 1 aromatic rings. The third-order valence-electron chi connectivity index (χ3n) is 2.20. The molecule has 0 aromatic heterocycles. The van der Waals surface area contributed by atoms with E-state index in [-0.39, 0.29) is 12.4 Å². The molecule has 5 heteroatoms. The van der Waals surface area contributed by atoms with Crippen LogP contribution in [0.3, 0.4) is 0 Å². The lowest BCUT2D eigenvalue weighted by Crippen LogP contribution is -2.06. The summed E-state index contributed by atoms with van der Waals surface area (Å²) in [5, 5.41) is 0.451. The molecule has 0 N–H and O–H groups in total. The summed E-state index contributed by atoms with van der Waals surface area (Å²) in [4.78, 5) is 11.2. The van der Waals surface area contributed by atoms with Gasteiger partial charge < -0.3 is 14.2 Å². The van der Waals surface area contributed by atoms with Crippen molar-refractivity contribution in [2.45, 2.75) is 13.3 Å². The van der Waals surface area contributed by atoms with Crippen LogP contribution in [0.4, 0.5) is 0 Å². The molecule has 0 aliphatic rings. The zero-order valence-corrected chi connectivity index (χ0v) is 10.8. The topological polar surface area (TPSA) is 44.8 Å². The van der Waals surface area contributed by atoms with E-state index in [4.69, 9.17) is 21.1 Å². The normalized spacial score (nSPS) is 9.88. The average molecular weight is 259 g/mol. The molecule has 0 spiro atoms. The van der Waals surface area contributed by atoms with Gasteiger partial charge in [0.15, 0.2) is 0 Å². The lowest BCUT2D eigenvalue weighted by molar-refractivity contribution is -0.139. The summed E-state index contributed by atoms with van der Waals surface area (Å²) >= 11 is 6.03. The van der Waals surface area contributed by atoms with Gasteiger partial charge in [-0.15, -0.1) is 0 Å². The summed E-state index contributed by atoms with van der Waals surface area (Å²) in [7, 11) is 2.87. The van der Waals surface area contributed by atoms with E-state index in [0.29, 0.717) is 28.7 Å². The maximum Gasteiger partial charge on any atom is 0.310 e. The first-order chi connectivity index (χ1) is 8.12. The Labute approximate surface area is 105 Å². The van der Waals surface area contributed by atoms with Gasteiger partial charge in [0.2, 0.25) is 0 Å². The van der Waals surface area contributed by atoms with Crippen LogP contribution < -0.4 is 9.47 Å². The van der Waals surface area contributed by atoms with Crippen molar-refractivity contribution in [2.75, 3.05) is 20.8 Å². The van der Waals surface area contributed by atoms with Gasteiger partial charge in [-0.05, 0) is 13.0 Å². The van der Waals surface area contributed by atoms with Gasteiger partial charge in [0.05, 0.1) is 32.3 Å². The van der Waals surface area contributed by atoms with Crippen molar-refractivity contribution in [3.8, 4) is 11.5 Å². The molecule has 0 saturated heterocycles. The zero-order valence-electron chi connectivity index (χ0n) is 10.1. The largest absolute Gasteiger partial charge is 0.496 e. The molecule has 1 aromatic carbocycles. The number of halogens is 1. The van der Waals surface area contributed by atoms with E-state index in [0.717, 1.165) is 0 Å².